The van der Waals surface area contributed by atoms with Gasteiger partial charge in [0.15, 0.2) is 24.1 Å². The molecule has 1 aromatic carbocycles. The summed E-state index contributed by atoms with van der Waals surface area (Å²) in [6.07, 6.45) is -14.1. The smallest absolute Gasteiger partial charge is 0.416 e. The van der Waals surface area contributed by atoms with E-state index in [1.54, 1.807) is 0 Å². The van der Waals surface area contributed by atoms with Crippen molar-refractivity contribution >= 4 is 29.6 Å². The third-order valence-electron chi connectivity index (χ3n) is 4.56. The van der Waals surface area contributed by atoms with Gasteiger partial charge in [-0.15, -0.1) is 0 Å². The van der Waals surface area contributed by atoms with E-state index in [9.17, 15) is 42.5 Å². The summed E-state index contributed by atoms with van der Waals surface area (Å²) in [6, 6.07) is 1.29. The normalized spacial score (nSPS) is 23.7. The maximum Gasteiger partial charge on any atom is 0.416 e. The van der Waals surface area contributed by atoms with Crippen LogP contribution in [0.25, 0.3) is 0 Å². The van der Waals surface area contributed by atoms with Crippen LogP contribution in [0, 0.1) is 10.1 Å². The monoisotopic (exact) mass is 523 g/mol. The van der Waals surface area contributed by atoms with Crippen molar-refractivity contribution in [1.29, 1.82) is 0 Å². The molecule has 0 aromatic heterocycles. The van der Waals surface area contributed by atoms with Gasteiger partial charge in [0.1, 0.15) is 0 Å². The number of nitro groups is 1. The van der Waals surface area contributed by atoms with Crippen LogP contribution >= 0.6 is 0 Å². The summed E-state index contributed by atoms with van der Waals surface area (Å²) in [5.74, 6) is -4.90. The number of nitrogens with zero attached hydrogens (tertiary/aromatic N) is 1. The largest absolute Gasteiger partial charge is 0.467 e. The molecule has 0 N–H and O–H groups in total. The lowest BCUT2D eigenvalue weighted by Gasteiger charge is -2.42. The van der Waals surface area contributed by atoms with Gasteiger partial charge in [0.25, 0.3) is 0 Å². The molecule has 1 saturated heterocycles. The van der Waals surface area contributed by atoms with Crippen molar-refractivity contribution < 1.29 is 65.7 Å². The van der Waals surface area contributed by atoms with Crippen LogP contribution in [0.15, 0.2) is 18.2 Å². The van der Waals surface area contributed by atoms with Crippen molar-refractivity contribution in [3.63, 3.8) is 0 Å². The maximum absolute atomic E-state index is 13.0. The first-order valence-electron chi connectivity index (χ1n) is 9.93. The molecule has 13 nitrogen and oxygen atoms in total. The number of hydrogen-bond acceptors (Lipinski definition) is 12. The Bertz CT molecular complexity index is 1040. The first-order chi connectivity index (χ1) is 16.6. The van der Waals surface area contributed by atoms with Crippen LogP contribution in [-0.4, -0.2) is 66.6 Å². The third kappa shape index (κ3) is 6.80. The molecule has 1 aliphatic rings. The molecule has 1 aliphatic heterocycles. The van der Waals surface area contributed by atoms with E-state index in [0.717, 1.165) is 27.9 Å². The molecule has 0 bridgehead atoms. The van der Waals surface area contributed by atoms with Gasteiger partial charge >= 0.3 is 35.7 Å². The summed E-state index contributed by atoms with van der Waals surface area (Å²) in [7, 11) is 0.937. The van der Waals surface area contributed by atoms with Crippen molar-refractivity contribution in [3.05, 3.63) is 33.9 Å². The molecule has 0 aliphatic carbocycles. The summed E-state index contributed by atoms with van der Waals surface area (Å²) in [5.41, 5.74) is -2.50. The second kappa shape index (κ2) is 11.2. The highest BCUT2D eigenvalue weighted by Gasteiger charge is 2.56. The van der Waals surface area contributed by atoms with Crippen LogP contribution < -0.4 is 4.74 Å². The fourth-order valence-corrected chi connectivity index (χ4v) is 3.24. The van der Waals surface area contributed by atoms with E-state index in [2.05, 4.69) is 4.74 Å². The van der Waals surface area contributed by atoms with Crippen molar-refractivity contribution in [2.45, 2.75) is 57.7 Å². The SMILES string of the molecule is COC(=O)[C@H]1O[C@@H](Oc2ccc(C(F)(F)F)cc2[N+](=O)[O-])[C@H](OC(C)=O)[C@@H](OC(C)=O)[C@@H]1OC(C)=O. The summed E-state index contributed by atoms with van der Waals surface area (Å²) >= 11 is 0. The topological polar surface area (TPSA) is 167 Å². The predicted octanol–water partition coefficient (Wildman–Crippen LogP) is 1.69. The number of ether oxygens (including phenoxy) is 6. The van der Waals surface area contributed by atoms with E-state index in [0.29, 0.717) is 12.1 Å². The molecule has 0 saturated carbocycles. The Balaban J connectivity index is 2.62. The molecule has 0 amide bonds. The van der Waals surface area contributed by atoms with Crippen molar-refractivity contribution in [3.8, 4) is 5.75 Å². The quantitative estimate of drug-likeness (QED) is 0.220. The molecule has 1 heterocycles. The Hall–Kier alpha value is -3.95. The van der Waals surface area contributed by atoms with E-state index in [1.165, 1.54) is 0 Å². The Kier molecular flexibility index (Phi) is 8.80. The van der Waals surface area contributed by atoms with Gasteiger partial charge in [0, 0.05) is 26.8 Å². The number of rotatable bonds is 7. The van der Waals surface area contributed by atoms with Crippen LogP contribution in [0.4, 0.5) is 18.9 Å². The van der Waals surface area contributed by atoms with Crippen LogP contribution in [0.2, 0.25) is 0 Å². The standard InChI is InChI=1S/C20H20F3NO12/c1-8(25)32-14-15(33-9(2)26)17(34-10(3)27)19(36-16(14)18(28)31-4)35-13-6-5-11(20(21,22)23)7-12(13)24(29)30/h5-7,14-17,19H,1-4H3/t14-,15-,16-,17+,19+/m0/s1. The number of hydrogen-bond donors (Lipinski definition) is 0. The van der Waals surface area contributed by atoms with E-state index in [1.807, 2.05) is 0 Å². The van der Waals surface area contributed by atoms with Crippen LogP contribution in [0.3, 0.4) is 0 Å². The van der Waals surface area contributed by atoms with Gasteiger partial charge in [0.05, 0.1) is 17.6 Å². The van der Waals surface area contributed by atoms with E-state index in [4.69, 9.17) is 23.7 Å². The lowest BCUT2D eigenvalue weighted by atomic mass is 9.97. The average Bonchev–Trinajstić information content (AvgIpc) is 2.75. The van der Waals surface area contributed by atoms with Gasteiger partial charge < -0.3 is 28.4 Å². The zero-order valence-electron chi connectivity index (χ0n) is 19.1. The highest BCUT2D eigenvalue weighted by molar-refractivity contribution is 5.77. The minimum Gasteiger partial charge on any atom is -0.467 e. The molecule has 5 atom stereocenters. The van der Waals surface area contributed by atoms with Gasteiger partial charge in [0.2, 0.25) is 12.4 Å². The minimum absolute atomic E-state index is 0.196. The van der Waals surface area contributed by atoms with E-state index in [-0.39, 0.29) is 6.07 Å². The molecule has 0 spiro atoms. The summed E-state index contributed by atoms with van der Waals surface area (Å²) in [4.78, 5) is 57.8. The van der Waals surface area contributed by atoms with Gasteiger partial charge in [-0.2, -0.15) is 13.2 Å². The Morgan fingerprint density at radius 1 is 0.944 bits per heavy atom. The first kappa shape index (κ1) is 28.3. The number of alkyl halides is 3. The molecule has 0 unspecified atom stereocenters. The Labute approximate surface area is 200 Å². The molecule has 0 radical (unpaired) electrons. The Morgan fingerprint density at radius 3 is 1.94 bits per heavy atom. The van der Waals surface area contributed by atoms with Gasteiger partial charge in [-0.25, -0.2) is 4.79 Å². The van der Waals surface area contributed by atoms with Crippen molar-refractivity contribution in [2.75, 3.05) is 7.11 Å². The molecule has 36 heavy (non-hydrogen) atoms. The van der Waals surface area contributed by atoms with Gasteiger partial charge in [-0.05, 0) is 12.1 Å². The molecule has 2 rings (SSSR count). The molecule has 1 fully saturated rings. The lowest BCUT2D eigenvalue weighted by Crippen LogP contribution is -2.64. The average molecular weight is 523 g/mol. The van der Waals surface area contributed by atoms with Crippen molar-refractivity contribution in [2.24, 2.45) is 0 Å². The fraction of sp³-hybridized carbons (Fsp3) is 0.500. The summed E-state index contributed by atoms with van der Waals surface area (Å²) < 4.78 is 69.7. The lowest BCUT2D eigenvalue weighted by molar-refractivity contribution is -0.387. The number of halogens is 3. The fourth-order valence-electron chi connectivity index (χ4n) is 3.24. The number of nitro benzene ring substituents is 1. The molecule has 1 aromatic rings. The number of esters is 4. The van der Waals surface area contributed by atoms with Crippen molar-refractivity contribution in [1.82, 2.24) is 0 Å². The number of methoxy groups -OCH3 is 1. The maximum atomic E-state index is 13.0. The highest BCUT2D eigenvalue weighted by atomic mass is 19.4. The first-order valence-corrected chi connectivity index (χ1v) is 9.93. The molecular formula is C20H20F3NO12. The summed E-state index contributed by atoms with van der Waals surface area (Å²) in [6.45, 7) is 2.82. The Morgan fingerprint density at radius 2 is 1.47 bits per heavy atom. The predicted molar refractivity (Wildman–Crippen MR) is 106 cm³/mol. The second-order valence-corrected chi connectivity index (χ2v) is 7.23. The minimum atomic E-state index is -4.92. The van der Waals surface area contributed by atoms with Gasteiger partial charge in [-0.1, -0.05) is 0 Å². The summed E-state index contributed by atoms with van der Waals surface area (Å²) in [5, 5.41) is 11.4. The second-order valence-electron chi connectivity index (χ2n) is 7.23. The zero-order valence-corrected chi connectivity index (χ0v) is 19.1. The van der Waals surface area contributed by atoms with E-state index < -0.39 is 82.7 Å². The molecule has 16 heteroatoms. The zero-order chi connectivity index (χ0) is 27.4. The van der Waals surface area contributed by atoms with Crippen LogP contribution in [-0.2, 0) is 49.0 Å². The molecular weight excluding hydrogens is 503 g/mol. The van der Waals surface area contributed by atoms with Gasteiger partial charge in [-0.3, -0.25) is 24.5 Å². The number of benzene rings is 1. The molecule has 198 valence electrons. The third-order valence-corrected chi connectivity index (χ3v) is 4.56. The highest BCUT2D eigenvalue weighted by Crippen LogP contribution is 2.38. The number of carbonyl (C=O) groups is 4. The van der Waals surface area contributed by atoms with E-state index >= 15 is 0 Å². The number of carbonyl (C=O) groups excluding carboxylic acids is 4. The van der Waals surface area contributed by atoms with Crippen LogP contribution in [0.1, 0.15) is 26.3 Å². The van der Waals surface area contributed by atoms with Crippen LogP contribution in [0.5, 0.6) is 5.75 Å².